The van der Waals surface area contributed by atoms with E-state index in [0.29, 0.717) is 0 Å². The Bertz CT molecular complexity index is 430. The number of aromatic nitrogens is 1. The molecule has 1 N–H and O–H groups in total. The van der Waals surface area contributed by atoms with Gasteiger partial charge in [0.25, 0.3) is 0 Å². The first-order valence-corrected chi connectivity index (χ1v) is 4.23. The summed E-state index contributed by atoms with van der Waals surface area (Å²) in [7, 11) is 0. The predicted octanol–water partition coefficient (Wildman–Crippen LogP) is 1.01. The summed E-state index contributed by atoms with van der Waals surface area (Å²) in [5.41, 5.74) is 0. The van der Waals surface area contributed by atoms with Crippen LogP contribution in [0.1, 0.15) is 0 Å². The number of pyridine rings is 1. The van der Waals surface area contributed by atoms with E-state index in [1.165, 1.54) is 24.4 Å². The van der Waals surface area contributed by atoms with Gasteiger partial charge >= 0.3 is 11.8 Å². The average Bonchev–Trinajstić information content (AvgIpc) is 2.24. The van der Waals surface area contributed by atoms with Crippen LogP contribution < -0.4 is 4.74 Å². The zero-order valence-electron chi connectivity index (χ0n) is 8.07. The van der Waals surface area contributed by atoms with Crippen molar-refractivity contribution in [1.29, 1.82) is 0 Å². The summed E-state index contributed by atoms with van der Waals surface area (Å²) in [6, 6.07) is 2.88. The van der Waals surface area contributed by atoms with Crippen LogP contribution in [0.3, 0.4) is 0 Å². The van der Waals surface area contributed by atoms with Gasteiger partial charge in [0.15, 0.2) is 0 Å². The molecule has 0 saturated carbocycles. The van der Waals surface area contributed by atoms with Crippen molar-refractivity contribution in [3.63, 3.8) is 0 Å². The molecule has 84 valence electrons. The van der Waals surface area contributed by atoms with Crippen molar-refractivity contribution >= 4 is 11.8 Å². The van der Waals surface area contributed by atoms with Crippen molar-refractivity contribution < 1.29 is 19.6 Å². The highest BCUT2D eigenvalue weighted by Gasteiger charge is 2.14. The summed E-state index contributed by atoms with van der Waals surface area (Å²) in [5.74, 6) is -1.50. The van der Waals surface area contributed by atoms with E-state index in [0.717, 1.165) is 6.08 Å². The minimum Gasteiger partial charge on any atom is -0.481 e. The van der Waals surface area contributed by atoms with E-state index in [1.807, 2.05) is 0 Å². The Balaban J connectivity index is 2.67. The topological polar surface area (TPSA) is 103 Å². The van der Waals surface area contributed by atoms with Gasteiger partial charge in [-0.15, -0.1) is 0 Å². The molecule has 0 fully saturated rings. The van der Waals surface area contributed by atoms with Crippen molar-refractivity contribution in [3.8, 4) is 5.75 Å². The lowest BCUT2D eigenvalue weighted by molar-refractivity contribution is -0.390. The van der Waals surface area contributed by atoms with Gasteiger partial charge in [0.2, 0.25) is 5.75 Å². The summed E-state index contributed by atoms with van der Waals surface area (Å²) in [5, 5.41) is 18.8. The Kier molecular flexibility index (Phi) is 3.96. The van der Waals surface area contributed by atoms with Crippen LogP contribution in [0.4, 0.5) is 5.82 Å². The minimum atomic E-state index is -1.11. The molecule has 0 spiro atoms. The summed E-state index contributed by atoms with van der Waals surface area (Å²) in [6.07, 6.45) is 3.40. The first-order valence-electron chi connectivity index (χ1n) is 4.23. The SMILES string of the molecule is O=C(O)C=CCOc1cccnc1[N+](=O)[O-]. The number of aliphatic carboxylic acids is 1. The highest BCUT2D eigenvalue weighted by Crippen LogP contribution is 2.22. The third kappa shape index (κ3) is 3.37. The Morgan fingerprint density at radius 2 is 2.44 bits per heavy atom. The average molecular weight is 224 g/mol. The first-order chi connectivity index (χ1) is 7.61. The highest BCUT2D eigenvalue weighted by molar-refractivity contribution is 5.79. The second kappa shape index (κ2) is 5.44. The number of nitrogens with zero attached hydrogens (tertiary/aromatic N) is 2. The van der Waals surface area contributed by atoms with Crippen molar-refractivity contribution in [2.45, 2.75) is 0 Å². The molecule has 0 unspecified atom stereocenters. The summed E-state index contributed by atoms with van der Waals surface area (Å²) >= 11 is 0. The number of carboxylic acids is 1. The van der Waals surface area contributed by atoms with E-state index in [1.54, 1.807) is 0 Å². The Hall–Kier alpha value is -2.44. The second-order valence-electron chi connectivity index (χ2n) is 2.63. The van der Waals surface area contributed by atoms with Crippen LogP contribution in [0.25, 0.3) is 0 Å². The van der Waals surface area contributed by atoms with E-state index in [9.17, 15) is 14.9 Å². The van der Waals surface area contributed by atoms with Crippen LogP contribution in [0.5, 0.6) is 5.75 Å². The molecule has 0 aromatic carbocycles. The molecule has 1 aromatic rings. The van der Waals surface area contributed by atoms with Crippen molar-refractivity contribution in [1.82, 2.24) is 4.98 Å². The molecule has 0 radical (unpaired) electrons. The zero-order chi connectivity index (χ0) is 12.0. The highest BCUT2D eigenvalue weighted by atomic mass is 16.6. The lowest BCUT2D eigenvalue weighted by atomic mass is 10.4. The molecule has 1 rings (SSSR count). The van der Waals surface area contributed by atoms with Gasteiger partial charge in [-0.3, -0.25) is 0 Å². The van der Waals surface area contributed by atoms with E-state index >= 15 is 0 Å². The van der Waals surface area contributed by atoms with E-state index in [-0.39, 0.29) is 12.4 Å². The molecule has 0 atom stereocenters. The number of carboxylic acid groups (broad SMARTS) is 1. The quantitative estimate of drug-likeness (QED) is 0.454. The van der Waals surface area contributed by atoms with E-state index < -0.39 is 16.7 Å². The smallest absolute Gasteiger partial charge is 0.406 e. The van der Waals surface area contributed by atoms with Gasteiger partial charge in [0.05, 0.1) is 0 Å². The number of hydrogen-bond acceptors (Lipinski definition) is 5. The van der Waals surface area contributed by atoms with E-state index in [4.69, 9.17) is 9.84 Å². The Morgan fingerprint density at radius 3 is 3.06 bits per heavy atom. The van der Waals surface area contributed by atoms with Gasteiger partial charge in [0.1, 0.15) is 12.8 Å². The molecule has 16 heavy (non-hydrogen) atoms. The maximum absolute atomic E-state index is 10.5. The molecule has 1 aromatic heterocycles. The monoisotopic (exact) mass is 224 g/mol. The van der Waals surface area contributed by atoms with Crippen LogP contribution in [0, 0.1) is 10.1 Å². The van der Waals surface area contributed by atoms with Crippen LogP contribution in [0.2, 0.25) is 0 Å². The standard InChI is InChI=1S/C9H8N2O5/c12-8(13)4-2-6-16-7-3-1-5-10-9(7)11(14)15/h1-5H,6H2,(H,12,13). The zero-order valence-corrected chi connectivity index (χ0v) is 8.07. The van der Waals surface area contributed by atoms with Crippen molar-refractivity contribution in [3.05, 3.63) is 40.6 Å². The second-order valence-corrected chi connectivity index (χ2v) is 2.63. The molecule has 0 bridgehead atoms. The fraction of sp³-hybridized carbons (Fsp3) is 0.111. The van der Waals surface area contributed by atoms with E-state index in [2.05, 4.69) is 4.98 Å². The summed E-state index contributed by atoms with van der Waals surface area (Å²) in [6.45, 7) is -0.0706. The van der Waals surface area contributed by atoms with Gasteiger partial charge in [0, 0.05) is 6.08 Å². The van der Waals surface area contributed by atoms with Gasteiger partial charge in [-0.2, -0.15) is 0 Å². The molecule has 0 saturated heterocycles. The molecule has 1 heterocycles. The molecule has 7 heteroatoms. The fourth-order valence-corrected chi connectivity index (χ4v) is 0.919. The fourth-order valence-electron chi connectivity index (χ4n) is 0.919. The van der Waals surface area contributed by atoms with Crippen LogP contribution in [-0.2, 0) is 4.79 Å². The summed E-state index contributed by atoms with van der Waals surface area (Å²) in [4.78, 5) is 23.5. The third-order valence-corrected chi connectivity index (χ3v) is 1.52. The summed E-state index contributed by atoms with van der Waals surface area (Å²) < 4.78 is 4.99. The van der Waals surface area contributed by atoms with Gasteiger partial charge in [-0.05, 0) is 28.1 Å². The predicted molar refractivity (Wildman–Crippen MR) is 53.2 cm³/mol. The minimum absolute atomic E-state index is 0.00235. The number of rotatable bonds is 5. The van der Waals surface area contributed by atoms with Crippen LogP contribution >= 0.6 is 0 Å². The number of ether oxygens (including phenoxy) is 1. The third-order valence-electron chi connectivity index (χ3n) is 1.52. The molecule has 0 aliphatic carbocycles. The molecular formula is C9H8N2O5. The largest absolute Gasteiger partial charge is 0.481 e. The molecular weight excluding hydrogens is 216 g/mol. The molecule has 0 amide bonds. The lowest BCUT2D eigenvalue weighted by Gasteiger charge is -2.02. The van der Waals surface area contributed by atoms with Gasteiger partial charge in [-0.1, -0.05) is 0 Å². The number of hydrogen-bond donors (Lipinski definition) is 1. The molecule has 0 aliphatic heterocycles. The first kappa shape index (κ1) is 11.6. The van der Waals surface area contributed by atoms with Crippen LogP contribution in [-0.4, -0.2) is 27.6 Å². The maximum atomic E-state index is 10.5. The van der Waals surface area contributed by atoms with Crippen molar-refractivity contribution in [2.24, 2.45) is 0 Å². The number of carbonyl (C=O) groups is 1. The molecule has 0 aliphatic rings. The number of nitro groups is 1. The Morgan fingerprint density at radius 1 is 1.69 bits per heavy atom. The lowest BCUT2D eigenvalue weighted by Crippen LogP contribution is -2.00. The van der Waals surface area contributed by atoms with Gasteiger partial charge in [-0.25, -0.2) is 4.79 Å². The Labute approximate surface area is 90.1 Å². The maximum Gasteiger partial charge on any atom is 0.406 e. The molecule has 7 nitrogen and oxygen atoms in total. The van der Waals surface area contributed by atoms with Crippen molar-refractivity contribution in [2.75, 3.05) is 6.61 Å². The van der Waals surface area contributed by atoms with Gasteiger partial charge < -0.3 is 20.0 Å². The normalized spacial score (nSPS) is 10.2. The van der Waals surface area contributed by atoms with Crippen LogP contribution in [0.15, 0.2) is 30.5 Å².